The average Bonchev–Trinajstić information content (AvgIpc) is 3.55. The van der Waals surface area contributed by atoms with E-state index < -0.39 is 17.9 Å². The first-order valence-electron chi connectivity index (χ1n) is 12.4. The van der Waals surface area contributed by atoms with Crippen molar-refractivity contribution in [1.29, 1.82) is 0 Å². The van der Waals surface area contributed by atoms with Crippen LogP contribution < -0.4 is 15.5 Å². The summed E-state index contributed by atoms with van der Waals surface area (Å²) >= 11 is 0. The molecule has 0 bridgehead atoms. The molecule has 0 aliphatic heterocycles. The van der Waals surface area contributed by atoms with Crippen molar-refractivity contribution in [3.63, 3.8) is 0 Å². The molecule has 1 aromatic carbocycles. The normalized spacial score (nSPS) is 14.8. The van der Waals surface area contributed by atoms with Crippen molar-refractivity contribution in [2.75, 3.05) is 11.4 Å². The second kappa shape index (κ2) is 11.3. The number of hydrogen-bond donors (Lipinski definition) is 2. The molecule has 1 aliphatic carbocycles. The number of rotatable bonds is 8. The fourth-order valence-electron chi connectivity index (χ4n) is 4.63. The van der Waals surface area contributed by atoms with Crippen LogP contribution in [0.4, 0.5) is 5.69 Å². The Morgan fingerprint density at radius 3 is 2.47 bits per heavy atom. The van der Waals surface area contributed by atoms with Gasteiger partial charge in [0.1, 0.15) is 11.5 Å². The molecule has 1 atom stereocenters. The third-order valence-corrected chi connectivity index (χ3v) is 6.53. The van der Waals surface area contributed by atoms with Crippen LogP contribution in [-0.2, 0) is 9.59 Å². The summed E-state index contributed by atoms with van der Waals surface area (Å²) < 4.78 is 11.0. The third kappa shape index (κ3) is 5.87. The smallest absolute Gasteiger partial charge is 0.287 e. The largest absolute Gasteiger partial charge is 0.464 e. The van der Waals surface area contributed by atoms with Crippen molar-refractivity contribution in [3.05, 3.63) is 77.1 Å². The van der Waals surface area contributed by atoms with E-state index in [1.165, 1.54) is 17.2 Å². The van der Waals surface area contributed by atoms with Gasteiger partial charge in [-0.1, -0.05) is 31.4 Å². The number of furan rings is 2. The molecule has 0 spiro atoms. The van der Waals surface area contributed by atoms with Gasteiger partial charge in [0.2, 0.25) is 5.91 Å². The molecule has 1 saturated carbocycles. The fourth-order valence-corrected chi connectivity index (χ4v) is 4.63. The third-order valence-electron chi connectivity index (χ3n) is 6.53. The summed E-state index contributed by atoms with van der Waals surface area (Å²) in [6.07, 6.45) is 6.50. The maximum atomic E-state index is 13.8. The summed E-state index contributed by atoms with van der Waals surface area (Å²) in [4.78, 5) is 41.5. The summed E-state index contributed by atoms with van der Waals surface area (Å²) in [5.41, 5.74) is 2.35. The molecule has 3 amide bonds. The van der Waals surface area contributed by atoms with Crippen molar-refractivity contribution in [3.8, 4) is 0 Å². The Bertz CT molecular complexity index is 1210. The lowest BCUT2D eigenvalue weighted by Crippen LogP contribution is -2.49. The second-order valence-electron chi connectivity index (χ2n) is 9.41. The van der Waals surface area contributed by atoms with E-state index in [0.29, 0.717) is 17.2 Å². The van der Waals surface area contributed by atoms with Crippen LogP contribution in [0.15, 0.2) is 57.6 Å². The van der Waals surface area contributed by atoms with E-state index in [4.69, 9.17) is 8.83 Å². The van der Waals surface area contributed by atoms with Crippen LogP contribution in [-0.4, -0.2) is 30.3 Å². The van der Waals surface area contributed by atoms with E-state index >= 15 is 0 Å². The first-order chi connectivity index (χ1) is 17.3. The number of aryl methyl sites for hydroxylation is 3. The number of anilines is 1. The van der Waals surface area contributed by atoms with Crippen LogP contribution in [0.5, 0.6) is 0 Å². The summed E-state index contributed by atoms with van der Waals surface area (Å²) in [7, 11) is 0. The predicted octanol–water partition coefficient (Wildman–Crippen LogP) is 4.75. The number of benzene rings is 1. The summed E-state index contributed by atoms with van der Waals surface area (Å²) in [5, 5.41) is 5.77. The van der Waals surface area contributed by atoms with Crippen molar-refractivity contribution >= 4 is 23.4 Å². The molecule has 2 heterocycles. The molecule has 0 saturated heterocycles. The van der Waals surface area contributed by atoms with Gasteiger partial charge < -0.3 is 19.5 Å². The lowest BCUT2D eigenvalue weighted by atomic mass is 9.95. The highest BCUT2D eigenvalue weighted by molar-refractivity contribution is 6.04. The highest BCUT2D eigenvalue weighted by Crippen LogP contribution is 2.33. The molecule has 2 N–H and O–H groups in total. The minimum Gasteiger partial charge on any atom is -0.464 e. The first-order valence-corrected chi connectivity index (χ1v) is 12.4. The number of amides is 3. The molecule has 4 rings (SSSR count). The fraction of sp³-hybridized carbons (Fsp3) is 0.393. The minimum atomic E-state index is -1.03. The Kier molecular flexibility index (Phi) is 7.93. The quantitative estimate of drug-likeness (QED) is 0.473. The molecule has 0 radical (unpaired) electrons. The van der Waals surface area contributed by atoms with Gasteiger partial charge in [-0.05, 0) is 75.1 Å². The van der Waals surface area contributed by atoms with Crippen molar-refractivity contribution in [2.45, 2.75) is 65.0 Å². The van der Waals surface area contributed by atoms with Crippen LogP contribution in [0, 0.1) is 20.8 Å². The van der Waals surface area contributed by atoms with Crippen molar-refractivity contribution < 1.29 is 23.2 Å². The van der Waals surface area contributed by atoms with Crippen LogP contribution in [0.3, 0.4) is 0 Å². The van der Waals surface area contributed by atoms with Crippen molar-refractivity contribution in [2.24, 2.45) is 0 Å². The standard InChI is InChI=1S/C28H33N3O5/c1-18-11-12-19(2)22(16-18)31(25(32)17-29-27(33)24-10-7-15-35-24)26(23-14-13-20(3)36-23)28(34)30-21-8-5-4-6-9-21/h7,10-16,21,26H,4-6,8-9,17H2,1-3H3,(H,29,33)(H,30,34). The van der Waals surface area contributed by atoms with E-state index in [2.05, 4.69) is 10.6 Å². The SMILES string of the molecule is Cc1ccc(C)c(N(C(=O)CNC(=O)c2ccco2)C(C(=O)NC2CCCCC2)c2ccc(C)o2)c1. The molecule has 2 aromatic heterocycles. The zero-order valence-electron chi connectivity index (χ0n) is 21.0. The zero-order valence-corrected chi connectivity index (χ0v) is 21.0. The lowest BCUT2D eigenvalue weighted by Gasteiger charge is -2.33. The molecular formula is C28H33N3O5. The Morgan fingerprint density at radius 2 is 1.81 bits per heavy atom. The van der Waals surface area contributed by atoms with Gasteiger partial charge in [-0.3, -0.25) is 19.3 Å². The van der Waals surface area contributed by atoms with Gasteiger partial charge in [0.05, 0.1) is 12.8 Å². The van der Waals surface area contributed by atoms with E-state index in [9.17, 15) is 14.4 Å². The van der Waals surface area contributed by atoms with Crippen LogP contribution >= 0.6 is 0 Å². The minimum absolute atomic E-state index is 0.0547. The number of carbonyl (C=O) groups excluding carboxylic acids is 3. The van der Waals surface area contributed by atoms with Crippen LogP contribution in [0.1, 0.15) is 71.3 Å². The monoisotopic (exact) mass is 491 g/mol. The molecule has 36 heavy (non-hydrogen) atoms. The molecule has 1 fully saturated rings. The molecule has 1 unspecified atom stereocenters. The molecule has 8 nitrogen and oxygen atoms in total. The highest BCUT2D eigenvalue weighted by Gasteiger charge is 2.37. The Morgan fingerprint density at radius 1 is 1.03 bits per heavy atom. The van der Waals surface area contributed by atoms with E-state index in [-0.39, 0.29) is 24.3 Å². The zero-order chi connectivity index (χ0) is 25.7. The topological polar surface area (TPSA) is 105 Å². The maximum Gasteiger partial charge on any atom is 0.287 e. The van der Waals surface area contributed by atoms with E-state index in [1.807, 2.05) is 32.0 Å². The molecule has 8 heteroatoms. The Hall–Kier alpha value is -3.81. The predicted molar refractivity (Wildman–Crippen MR) is 136 cm³/mol. The summed E-state index contributed by atoms with van der Waals surface area (Å²) in [6, 6.07) is 11.4. The first kappa shape index (κ1) is 25.3. The van der Waals surface area contributed by atoms with Gasteiger partial charge in [-0.25, -0.2) is 0 Å². The van der Waals surface area contributed by atoms with Gasteiger partial charge >= 0.3 is 0 Å². The number of hydrogen-bond acceptors (Lipinski definition) is 5. The maximum absolute atomic E-state index is 13.8. The van der Waals surface area contributed by atoms with E-state index in [0.717, 1.165) is 43.2 Å². The summed E-state index contributed by atoms with van der Waals surface area (Å²) in [5.74, 6) is -0.141. The molecule has 1 aliphatic rings. The molecule has 3 aromatic rings. The van der Waals surface area contributed by atoms with Crippen molar-refractivity contribution in [1.82, 2.24) is 10.6 Å². The average molecular weight is 492 g/mol. The van der Waals surface area contributed by atoms with Crippen LogP contribution in [0.2, 0.25) is 0 Å². The highest BCUT2D eigenvalue weighted by atomic mass is 16.3. The van der Waals surface area contributed by atoms with Gasteiger partial charge in [0.25, 0.3) is 11.8 Å². The van der Waals surface area contributed by atoms with Gasteiger partial charge in [0.15, 0.2) is 11.8 Å². The van der Waals surface area contributed by atoms with Gasteiger partial charge in [-0.2, -0.15) is 0 Å². The summed E-state index contributed by atoms with van der Waals surface area (Å²) in [6.45, 7) is 5.30. The molecule has 190 valence electrons. The Labute approximate surface area is 211 Å². The second-order valence-corrected chi connectivity index (χ2v) is 9.41. The van der Waals surface area contributed by atoms with Gasteiger partial charge in [0, 0.05) is 11.7 Å². The van der Waals surface area contributed by atoms with Gasteiger partial charge in [-0.15, -0.1) is 0 Å². The van der Waals surface area contributed by atoms with E-state index in [1.54, 1.807) is 25.1 Å². The lowest BCUT2D eigenvalue weighted by molar-refractivity contribution is -0.127. The number of nitrogens with zero attached hydrogens (tertiary/aromatic N) is 1. The number of nitrogens with one attached hydrogen (secondary N) is 2. The Balaban J connectivity index is 1.69. The number of carbonyl (C=O) groups is 3. The van der Waals surface area contributed by atoms with Crippen LogP contribution in [0.25, 0.3) is 0 Å². The molecular weight excluding hydrogens is 458 g/mol.